The van der Waals surface area contributed by atoms with Gasteiger partial charge in [-0.25, -0.2) is 4.98 Å². The molecule has 0 aliphatic rings. The number of fused-ring (bicyclic) bond motifs is 1. The van der Waals surface area contributed by atoms with Crippen LogP contribution in [0.2, 0.25) is 0 Å². The molecule has 2 aromatic carbocycles. The minimum atomic E-state index is -0.604. The summed E-state index contributed by atoms with van der Waals surface area (Å²) in [5.74, 6) is -0.663. The third-order valence-electron chi connectivity index (χ3n) is 3.92. The number of hydrogen-bond acceptors (Lipinski definition) is 8. The zero-order chi connectivity index (χ0) is 20.8. The van der Waals surface area contributed by atoms with Crippen LogP contribution in [0.4, 0.5) is 11.4 Å². The number of para-hydroxylation sites is 2. The second kappa shape index (κ2) is 8.83. The largest absolute Gasteiger partial charge is 0.494 e. The highest BCUT2D eigenvalue weighted by Crippen LogP contribution is 2.28. The third-order valence-corrected chi connectivity index (χ3v) is 3.92. The van der Waals surface area contributed by atoms with Crippen LogP contribution in [0.5, 0.6) is 5.75 Å². The Hall–Kier alpha value is -3.95. The van der Waals surface area contributed by atoms with Crippen molar-refractivity contribution in [2.45, 2.75) is 12.8 Å². The Kier molecular flexibility index (Phi) is 6.03. The summed E-state index contributed by atoms with van der Waals surface area (Å²) in [5.41, 5.74) is 1.38. The molecule has 3 aromatic rings. The molecular formula is C19H17N3O7. The van der Waals surface area contributed by atoms with Crippen molar-refractivity contribution in [2.75, 3.05) is 19.0 Å². The van der Waals surface area contributed by atoms with Crippen LogP contribution < -0.4 is 10.1 Å². The molecule has 0 aliphatic heterocycles. The summed E-state index contributed by atoms with van der Waals surface area (Å²) < 4.78 is 15.5. The highest BCUT2D eigenvalue weighted by molar-refractivity contribution is 5.94. The van der Waals surface area contributed by atoms with Crippen LogP contribution in [0.15, 0.2) is 46.9 Å². The van der Waals surface area contributed by atoms with E-state index in [0.717, 1.165) is 0 Å². The summed E-state index contributed by atoms with van der Waals surface area (Å²) in [4.78, 5) is 38.3. The molecule has 10 nitrogen and oxygen atoms in total. The number of nitro benzene ring substituents is 1. The van der Waals surface area contributed by atoms with Crippen molar-refractivity contribution in [1.82, 2.24) is 4.98 Å². The maximum atomic E-state index is 12.0. The number of amides is 1. The van der Waals surface area contributed by atoms with E-state index in [1.165, 1.54) is 25.3 Å². The Morgan fingerprint density at radius 3 is 2.76 bits per heavy atom. The average Bonchev–Trinajstić information content (AvgIpc) is 3.14. The van der Waals surface area contributed by atoms with Gasteiger partial charge in [-0.2, -0.15) is 0 Å². The molecule has 0 bridgehead atoms. The predicted octanol–water partition coefficient (Wildman–Crippen LogP) is 2.86. The second-order valence-corrected chi connectivity index (χ2v) is 5.93. The Balaban J connectivity index is 1.48. The predicted molar refractivity (Wildman–Crippen MR) is 102 cm³/mol. The number of nitrogens with zero attached hydrogens (tertiary/aromatic N) is 2. The molecule has 1 N–H and O–H groups in total. The minimum Gasteiger partial charge on any atom is -0.494 e. The number of aryl methyl sites for hydroxylation is 1. The molecule has 10 heteroatoms. The van der Waals surface area contributed by atoms with Gasteiger partial charge < -0.3 is 19.2 Å². The number of anilines is 1. The molecule has 0 saturated carbocycles. The molecule has 1 aromatic heterocycles. The number of esters is 1. The van der Waals surface area contributed by atoms with E-state index in [0.29, 0.717) is 17.0 Å². The fourth-order valence-corrected chi connectivity index (χ4v) is 2.54. The Bertz CT molecular complexity index is 1030. The lowest BCUT2D eigenvalue weighted by Gasteiger charge is -2.10. The number of ether oxygens (including phenoxy) is 2. The molecule has 0 aliphatic carbocycles. The van der Waals surface area contributed by atoms with E-state index in [2.05, 4.69) is 10.3 Å². The van der Waals surface area contributed by atoms with Gasteiger partial charge in [0.15, 0.2) is 18.1 Å². The Morgan fingerprint density at radius 1 is 1.24 bits per heavy atom. The quantitative estimate of drug-likeness (QED) is 0.347. The van der Waals surface area contributed by atoms with Crippen LogP contribution in [0.3, 0.4) is 0 Å². The summed E-state index contributed by atoms with van der Waals surface area (Å²) >= 11 is 0. The summed E-state index contributed by atoms with van der Waals surface area (Å²) in [6.07, 6.45) is 0.242. The van der Waals surface area contributed by atoms with Gasteiger partial charge in [0, 0.05) is 12.5 Å². The van der Waals surface area contributed by atoms with Gasteiger partial charge in [0.2, 0.25) is 0 Å². The standard InChI is InChI=1S/C19H17N3O7/c1-27-16-10-12(22(25)26)6-7-14(16)20-17(23)11-28-19(24)9-8-18-21-13-4-2-3-5-15(13)29-18/h2-7,10H,8-9,11H2,1H3,(H,20,23). The van der Waals surface area contributed by atoms with Crippen molar-refractivity contribution in [1.29, 1.82) is 0 Å². The number of oxazole rings is 1. The number of methoxy groups -OCH3 is 1. The fraction of sp³-hybridized carbons (Fsp3) is 0.211. The van der Waals surface area contributed by atoms with E-state index in [4.69, 9.17) is 13.9 Å². The molecule has 3 rings (SSSR count). The smallest absolute Gasteiger partial charge is 0.306 e. The van der Waals surface area contributed by atoms with E-state index < -0.39 is 23.4 Å². The molecule has 0 spiro atoms. The second-order valence-electron chi connectivity index (χ2n) is 5.93. The normalized spacial score (nSPS) is 10.5. The monoisotopic (exact) mass is 399 g/mol. The number of carbonyl (C=O) groups excluding carboxylic acids is 2. The number of non-ortho nitro benzene ring substituents is 1. The number of rotatable bonds is 8. The first kappa shape index (κ1) is 19.8. The molecule has 150 valence electrons. The summed E-state index contributed by atoms with van der Waals surface area (Å²) in [5, 5.41) is 13.3. The number of carbonyl (C=O) groups is 2. The van der Waals surface area contributed by atoms with Crippen LogP contribution in [0.1, 0.15) is 12.3 Å². The number of benzene rings is 2. The zero-order valence-corrected chi connectivity index (χ0v) is 15.4. The maximum absolute atomic E-state index is 12.0. The third kappa shape index (κ3) is 5.06. The summed E-state index contributed by atoms with van der Waals surface area (Å²) in [6.45, 7) is -0.507. The summed E-state index contributed by atoms with van der Waals surface area (Å²) in [6, 6.07) is 11.0. The van der Waals surface area contributed by atoms with Crippen LogP contribution in [-0.4, -0.2) is 35.5 Å². The minimum absolute atomic E-state index is 0.000947. The SMILES string of the molecule is COc1cc([N+](=O)[O-])ccc1NC(=O)COC(=O)CCc1nc2ccccc2o1. The lowest BCUT2D eigenvalue weighted by molar-refractivity contribution is -0.384. The first-order valence-corrected chi connectivity index (χ1v) is 8.58. The van der Waals surface area contributed by atoms with Gasteiger partial charge in [0.1, 0.15) is 11.3 Å². The van der Waals surface area contributed by atoms with Crippen molar-refractivity contribution in [3.05, 3.63) is 58.5 Å². The number of aromatic nitrogens is 1. The van der Waals surface area contributed by atoms with Crippen molar-refractivity contribution in [3.63, 3.8) is 0 Å². The van der Waals surface area contributed by atoms with Gasteiger partial charge in [0.05, 0.1) is 30.2 Å². The van der Waals surface area contributed by atoms with Crippen LogP contribution in [0.25, 0.3) is 11.1 Å². The maximum Gasteiger partial charge on any atom is 0.306 e. The van der Waals surface area contributed by atoms with Gasteiger partial charge in [-0.15, -0.1) is 0 Å². The highest BCUT2D eigenvalue weighted by atomic mass is 16.6. The number of nitro groups is 1. The number of hydrogen-bond donors (Lipinski definition) is 1. The molecule has 0 unspecified atom stereocenters. The molecule has 1 heterocycles. The molecule has 1 amide bonds. The molecule has 0 saturated heterocycles. The fourth-order valence-electron chi connectivity index (χ4n) is 2.54. The number of nitrogens with one attached hydrogen (secondary N) is 1. The van der Waals surface area contributed by atoms with Crippen LogP contribution in [-0.2, 0) is 20.7 Å². The van der Waals surface area contributed by atoms with Gasteiger partial charge in [-0.3, -0.25) is 19.7 Å². The molecular weight excluding hydrogens is 382 g/mol. The van der Waals surface area contributed by atoms with E-state index >= 15 is 0 Å². The van der Waals surface area contributed by atoms with Gasteiger partial charge in [-0.05, 0) is 18.2 Å². The lowest BCUT2D eigenvalue weighted by atomic mass is 10.2. The van der Waals surface area contributed by atoms with Crippen LogP contribution in [0, 0.1) is 10.1 Å². The van der Waals surface area contributed by atoms with E-state index in [1.807, 2.05) is 12.1 Å². The molecule has 29 heavy (non-hydrogen) atoms. The lowest BCUT2D eigenvalue weighted by Crippen LogP contribution is -2.21. The van der Waals surface area contributed by atoms with E-state index in [1.54, 1.807) is 12.1 Å². The van der Waals surface area contributed by atoms with E-state index in [-0.39, 0.29) is 30.0 Å². The van der Waals surface area contributed by atoms with Gasteiger partial charge >= 0.3 is 5.97 Å². The summed E-state index contributed by atoms with van der Waals surface area (Å²) in [7, 11) is 1.32. The van der Waals surface area contributed by atoms with Crippen LogP contribution >= 0.6 is 0 Å². The van der Waals surface area contributed by atoms with Crippen molar-refractivity contribution in [3.8, 4) is 5.75 Å². The van der Waals surface area contributed by atoms with E-state index in [9.17, 15) is 19.7 Å². The van der Waals surface area contributed by atoms with Gasteiger partial charge in [0.25, 0.3) is 11.6 Å². The van der Waals surface area contributed by atoms with Crippen molar-refractivity contribution >= 4 is 34.4 Å². The molecule has 0 fully saturated rings. The van der Waals surface area contributed by atoms with Gasteiger partial charge in [-0.1, -0.05) is 12.1 Å². The van der Waals surface area contributed by atoms with Crippen molar-refractivity contribution in [2.24, 2.45) is 0 Å². The Labute approximate surface area is 164 Å². The average molecular weight is 399 g/mol. The topological polar surface area (TPSA) is 134 Å². The Morgan fingerprint density at radius 2 is 2.03 bits per heavy atom. The highest BCUT2D eigenvalue weighted by Gasteiger charge is 2.15. The molecule has 0 radical (unpaired) electrons. The molecule has 0 atom stereocenters. The first-order chi connectivity index (χ1) is 14.0. The zero-order valence-electron chi connectivity index (χ0n) is 15.4. The van der Waals surface area contributed by atoms with Crippen molar-refractivity contribution < 1.29 is 28.4 Å². The first-order valence-electron chi connectivity index (χ1n) is 8.58.